The van der Waals surface area contributed by atoms with Crippen molar-refractivity contribution < 1.29 is 19.1 Å². The molecule has 0 unspecified atom stereocenters. The Morgan fingerprint density at radius 2 is 1.33 bits per heavy atom. The van der Waals surface area contributed by atoms with E-state index in [4.69, 9.17) is 9.47 Å². The van der Waals surface area contributed by atoms with Gasteiger partial charge in [0.25, 0.3) is 0 Å². The average molecular weight is 543 g/mol. The highest BCUT2D eigenvalue weighted by Gasteiger charge is 2.29. The first-order chi connectivity index (χ1) is 18.6. The lowest BCUT2D eigenvalue weighted by Gasteiger charge is -2.18. The summed E-state index contributed by atoms with van der Waals surface area (Å²) in [6, 6.07) is 33.9. The number of esters is 1. The monoisotopic (exact) mass is 542 g/mol. The lowest BCUT2D eigenvalue weighted by atomic mass is 9.98. The molecule has 0 radical (unpaired) electrons. The third-order valence-electron chi connectivity index (χ3n) is 6.89. The molecule has 0 heterocycles. The summed E-state index contributed by atoms with van der Waals surface area (Å²) in [5.41, 5.74) is 7.91. The summed E-state index contributed by atoms with van der Waals surface area (Å²) in [6.07, 6.45) is -0.574. The van der Waals surface area contributed by atoms with Gasteiger partial charge in [-0.2, -0.15) is 0 Å². The number of hydrogen-bond acceptors (Lipinski definition) is 5. The van der Waals surface area contributed by atoms with Crippen LogP contribution in [-0.2, 0) is 20.8 Å². The highest BCUT2D eigenvalue weighted by Crippen LogP contribution is 2.44. The van der Waals surface area contributed by atoms with E-state index in [1.807, 2.05) is 54.6 Å². The second-order valence-corrected chi connectivity index (χ2v) is 9.23. The number of hydrogen-bond donors (Lipinski definition) is 2. The van der Waals surface area contributed by atoms with Crippen molar-refractivity contribution >= 4 is 24.5 Å². The molecule has 6 nitrogen and oxygen atoms in total. The maximum absolute atomic E-state index is 12.6. The van der Waals surface area contributed by atoms with Gasteiger partial charge in [-0.15, -0.1) is 12.4 Å². The first kappa shape index (κ1) is 27.9. The molecule has 0 aliphatic heterocycles. The average Bonchev–Trinajstić information content (AvgIpc) is 3.30. The van der Waals surface area contributed by atoms with Crippen LogP contribution in [0, 0.1) is 0 Å². The zero-order valence-corrected chi connectivity index (χ0v) is 22.4. The van der Waals surface area contributed by atoms with E-state index < -0.39 is 18.1 Å². The molecule has 2 N–H and O–H groups in total. The number of carbonyl (C=O) groups excluding carboxylic acids is 2. The molecule has 1 aliphatic rings. The molecule has 0 saturated heterocycles. The lowest BCUT2D eigenvalue weighted by molar-refractivity contribution is -0.143. The lowest BCUT2D eigenvalue weighted by Crippen LogP contribution is -2.46. The largest absolute Gasteiger partial charge is 0.468 e. The molecule has 5 rings (SSSR count). The van der Waals surface area contributed by atoms with E-state index in [1.54, 1.807) is 0 Å². The number of fused-ring (bicyclic) bond motifs is 3. The van der Waals surface area contributed by atoms with Gasteiger partial charge in [-0.25, -0.2) is 4.79 Å². The van der Waals surface area contributed by atoms with Crippen molar-refractivity contribution in [2.24, 2.45) is 0 Å². The number of methoxy groups -OCH3 is 1. The van der Waals surface area contributed by atoms with E-state index in [9.17, 15) is 9.59 Å². The Bertz CT molecular complexity index is 1360. The van der Waals surface area contributed by atoms with Gasteiger partial charge in [-0.3, -0.25) is 10.1 Å². The van der Waals surface area contributed by atoms with Crippen LogP contribution < -0.4 is 10.6 Å². The van der Waals surface area contributed by atoms with Crippen molar-refractivity contribution in [1.29, 1.82) is 0 Å². The summed E-state index contributed by atoms with van der Waals surface area (Å²) in [5.74, 6) is -0.480. The molecule has 0 aromatic heterocycles. The SMILES string of the molecule is COC(=O)[C@H](CNC(=O)OCC1c2ccccc2-c2ccccc21)NCc1ccc(-c2ccccc2)cc1.Cl. The molecule has 4 aromatic carbocycles. The summed E-state index contributed by atoms with van der Waals surface area (Å²) in [6.45, 7) is 0.705. The van der Waals surface area contributed by atoms with Crippen LogP contribution in [0.25, 0.3) is 22.3 Å². The van der Waals surface area contributed by atoms with Crippen molar-refractivity contribution in [3.8, 4) is 22.3 Å². The highest BCUT2D eigenvalue weighted by molar-refractivity contribution is 5.85. The van der Waals surface area contributed by atoms with Crippen LogP contribution in [0.2, 0.25) is 0 Å². The fraction of sp³-hybridized carbons (Fsp3) is 0.188. The third kappa shape index (κ3) is 6.48. The Morgan fingerprint density at radius 3 is 1.95 bits per heavy atom. The minimum absolute atomic E-state index is 0. The number of benzene rings is 4. The normalized spacial score (nSPS) is 12.4. The van der Waals surface area contributed by atoms with Crippen LogP contribution in [0.5, 0.6) is 0 Å². The van der Waals surface area contributed by atoms with E-state index in [2.05, 4.69) is 59.2 Å². The van der Waals surface area contributed by atoms with Crippen molar-refractivity contribution in [2.45, 2.75) is 18.5 Å². The van der Waals surface area contributed by atoms with Crippen molar-refractivity contribution in [2.75, 3.05) is 20.3 Å². The Morgan fingerprint density at radius 1 is 0.769 bits per heavy atom. The van der Waals surface area contributed by atoms with Gasteiger partial charge in [0.2, 0.25) is 0 Å². The van der Waals surface area contributed by atoms with Gasteiger partial charge >= 0.3 is 12.1 Å². The number of amides is 1. The minimum Gasteiger partial charge on any atom is -0.468 e. The number of halogens is 1. The smallest absolute Gasteiger partial charge is 0.407 e. The quantitative estimate of drug-likeness (QED) is 0.256. The molecule has 39 heavy (non-hydrogen) atoms. The summed E-state index contributed by atoms with van der Waals surface area (Å²) < 4.78 is 10.5. The van der Waals surface area contributed by atoms with E-state index in [0.29, 0.717) is 6.54 Å². The van der Waals surface area contributed by atoms with E-state index in [-0.39, 0.29) is 31.5 Å². The van der Waals surface area contributed by atoms with Gasteiger partial charge in [0.15, 0.2) is 0 Å². The summed E-state index contributed by atoms with van der Waals surface area (Å²) in [4.78, 5) is 24.9. The topological polar surface area (TPSA) is 76.7 Å². The number of nitrogens with one attached hydrogen (secondary N) is 2. The first-order valence-corrected chi connectivity index (χ1v) is 12.7. The van der Waals surface area contributed by atoms with E-state index in [1.165, 1.54) is 18.2 Å². The molecule has 0 fully saturated rings. The molecular weight excluding hydrogens is 512 g/mol. The predicted molar refractivity (Wildman–Crippen MR) is 155 cm³/mol. The zero-order valence-electron chi connectivity index (χ0n) is 21.6. The minimum atomic E-state index is -0.714. The van der Waals surface area contributed by atoms with Gasteiger partial charge in [-0.1, -0.05) is 103 Å². The van der Waals surface area contributed by atoms with Crippen LogP contribution in [0.1, 0.15) is 22.6 Å². The molecule has 1 amide bonds. The zero-order chi connectivity index (χ0) is 26.3. The highest BCUT2D eigenvalue weighted by atomic mass is 35.5. The van der Waals surface area contributed by atoms with Crippen LogP contribution in [0.15, 0.2) is 103 Å². The van der Waals surface area contributed by atoms with Gasteiger partial charge in [-0.05, 0) is 38.9 Å². The van der Waals surface area contributed by atoms with Crippen LogP contribution in [0.4, 0.5) is 4.79 Å². The second-order valence-electron chi connectivity index (χ2n) is 9.23. The Hall–Kier alpha value is -4.13. The van der Waals surface area contributed by atoms with Crippen molar-refractivity contribution in [3.05, 3.63) is 120 Å². The summed E-state index contributed by atoms with van der Waals surface area (Å²) >= 11 is 0. The Labute approximate surface area is 234 Å². The maximum Gasteiger partial charge on any atom is 0.407 e. The predicted octanol–water partition coefficient (Wildman–Crippen LogP) is 5.95. The Kier molecular flexibility index (Phi) is 9.36. The fourth-order valence-electron chi connectivity index (χ4n) is 4.90. The fourth-order valence-corrected chi connectivity index (χ4v) is 4.90. The molecule has 0 spiro atoms. The van der Waals surface area contributed by atoms with Crippen molar-refractivity contribution in [1.82, 2.24) is 10.6 Å². The van der Waals surface area contributed by atoms with Gasteiger partial charge in [0.05, 0.1) is 7.11 Å². The van der Waals surface area contributed by atoms with E-state index in [0.717, 1.165) is 27.8 Å². The van der Waals surface area contributed by atoms with Gasteiger partial charge in [0, 0.05) is 19.0 Å². The standard InChI is InChI=1S/C32H30N2O4.ClH/c1-37-31(35)30(33-19-22-15-17-24(18-16-22)23-9-3-2-4-10-23)20-34-32(36)38-21-29-27-13-7-5-11-25(27)26-12-6-8-14-28(26)29;/h2-18,29-30,33H,19-21H2,1H3,(H,34,36);1H/t30-;/m0./s1. The number of ether oxygens (including phenoxy) is 2. The molecule has 0 bridgehead atoms. The van der Waals surface area contributed by atoms with Gasteiger partial charge < -0.3 is 14.8 Å². The Balaban J connectivity index is 0.00000353. The molecule has 4 aromatic rings. The maximum atomic E-state index is 12.6. The first-order valence-electron chi connectivity index (χ1n) is 12.7. The molecular formula is C32H31ClN2O4. The molecule has 7 heteroatoms. The molecule has 200 valence electrons. The molecule has 1 atom stereocenters. The van der Waals surface area contributed by atoms with Crippen LogP contribution >= 0.6 is 12.4 Å². The van der Waals surface area contributed by atoms with Crippen LogP contribution in [0.3, 0.4) is 0 Å². The van der Waals surface area contributed by atoms with Gasteiger partial charge in [0.1, 0.15) is 12.6 Å². The second kappa shape index (κ2) is 13.1. The number of carbonyl (C=O) groups is 2. The van der Waals surface area contributed by atoms with Crippen LogP contribution in [-0.4, -0.2) is 38.4 Å². The third-order valence-corrected chi connectivity index (χ3v) is 6.89. The van der Waals surface area contributed by atoms with E-state index >= 15 is 0 Å². The van der Waals surface area contributed by atoms with Crippen molar-refractivity contribution in [3.63, 3.8) is 0 Å². The molecule has 1 aliphatic carbocycles. The summed E-state index contributed by atoms with van der Waals surface area (Å²) in [7, 11) is 1.33. The summed E-state index contributed by atoms with van der Waals surface area (Å²) in [5, 5.41) is 5.89. The number of rotatable bonds is 9. The molecule has 0 saturated carbocycles. The number of alkyl carbamates (subject to hydrolysis) is 1.